The zero-order valence-electron chi connectivity index (χ0n) is 10.1. The Labute approximate surface area is 106 Å². The molecule has 3 nitrogen and oxygen atoms in total. The van der Waals surface area contributed by atoms with Crippen LogP contribution < -0.4 is 5.32 Å². The third-order valence-electron chi connectivity index (χ3n) is 3.32. The smallest absolute Gasteiger partial charge is 0.310 e. The van der Waals surface area contributed by atoms with E-state index in [-0.39, 0.29) is 11.9 Å². The van der Waals surface area contributed by atoms with Gasteiger partial charge in [-0.05, 0) is 30.7 Å². The molecule has 0 bridgehead atoms. The van der Waals surface area contributed by atoms with Crippen molar-refractivity contribution >= 4 is 17.3 Å². The van der Waals surface area contributed by atoms with E-state index in [2.05, 4.69) is 11.4 Å². The van der Waals surface area contributed by atoms with Crippen molar-refractivity contribution in [1.82, 2.24) is 5.32 Å². The van der Waals surface area contributed by atoms with Crippen LogP contribution in [0.4, 0.5) is 0 Å². The van der Waals surface area contributed by atoms with Gasteiger partial charge >= 0.3 is 5.97 Å². The molecule has 1 aromatic heterocycles. The van der Waals surface area contributed by atoms with Gasteiger partial charge in [0.1, 0.15) is 0 Å². The summed E-state index contributed by atoms with van der Waals surface area (Å²) in [5.41, 5.74) is 0. The first-order valence-corrected chi connectivity index (χ1v) is 7.01. The second-order valence-electron chi connectivity index (χ2n) is 4.54. The first-order chi connectivity index (χ1) is 8.29. The van der Waals surface area contributed by atoms with Crippen LogP contribution in [0.3, 0.4) is 0 Å². The van der Waals surface area contributed by atoms with Crippen LogP contribution >= 0.6 is 11.3 Å². The Balaban J connectivity index is 1.85. The highest BCUT2D eigenvalue weighted by Gasteiger charge is 2.23. The van der Waals surface area contributed by atoms with E-state index in [0.29, 0.717) is 6.04 Å². The average Bonchev–Trinajstić information content (AvgIpc) is 2.77. The van der Waals surface area contributed by atoms with E-state index < -0.39 is 0 Å². The molecule has 1 saturated carbocycles. The summed E-state index contributed by atoms with van der Waals surface area (Å²) in [6.07, 6.45) is 4.58. The zero-order chi connectivity index (χ0) is 12.1. The van der Waals surface area contributed by atoms with E-state index in [1.807, 2.05) is 11.4 Å². The van der Waals surface area contributed by atoms with Crippen molar-refractivity contribution in [3.05, 3.63) is 22.4 Å². The Kier molecular flexibility index (Phi) is 4.57. The quantitative estimate of drug-likeness (QED) is 0.790. The maximum absolute atomic E-state index is 11.7. The first kappa shape index (κ1) is 12.6. The molecule has 1 fully saturated rings. The van der Waals surface area contributed by atoms with E-state index in [1.54, 1.807) is 11.3 Å². The Hall–Kier alpha value is -0.870. The Bertz CT molecular complexity index is 346. The summed E-state index contributed by atoms with van der Waals surface area (Å²) in [7, 11) is 1.47. The Morgan fingerprint density at radius 1 is 1.65 bits per heavy atom. The number of thiophene rings is 1. The van der Waals surface area contributed by atoms with Gasteiger partial charge in [0.15, 0.2) is 0 Å². The van der Waals surface area contributed by atoms with E-state index >= 15 is 0 Å². The molecule has 0 aromatic carbocycles. The number of methoxy groups -OCH3 is 1. The molecule has 2 rings (SSSR count). The highest BCUT2D eigenvalue weighted by Crippen LogP contribution is 2.20. The lowest BCUT2D eigenvalue weighted by Crippen LogP contribution is -2.40. The molecular weight excluding hydrogens is 234 g/mol. The molecule has 1 N–H and O–H groups in total. The molecule has 94 valence electrons. The van der Waals surface area contributed by atoms with Crippen molar-refractivity contribution in [1.29, 1.82) is 0 Å². The number of nitrogens with one attached hydrogen (secondary N) is 1. The average molecular weight is 253 g/mol. The monoisotopic (exact) mass is 253 g/mol. The Morgan fingerprint density at radius 3 is 3.00 bits per heavy atom. The van der Waals surface area contributed by atoms with Gasteiger partial charge in [-0.1, -0.05) is 12.5 Å². The van der Waals surface area contributed by atoms with Crippen molar-refractivity contribution < 1.29 is 9.53 Å². The maximum atomic E-state index is 11.7. The molecule has 17 heavy (non-hydrogen) atoms. The minimum absolute atomic E-state index is 0.0563. The van der Waals surface area contributed by atoms with Gasteiger partial charge < -0.3 is 10.1 Å². The number of hydrogen-bond donors (Lipinski definition) is 1. The molecule has 1 unspecified atom stereocenters. The molecule has 1 aromatic rings. The Morgan fingerprint density at radius 2 is 2.47 bits per heavy atom. The predicted molar refractivity (Wildman–Crippen MR) is 69.2 cm³/mol. The minimum Gasteiger partial charge on any atom is -0.469 e. The summed E-state index contributed by atoms with van der Waals surface area (Å²) < 4.78 is 4.87. The van der Waals surface area contributed by atoms with Crippen molar-refractivity contribution in [2.75, 3.05) is 13.7 Å². The summed E-state index contributed by atoms with van der Waals surface area (Å²) in [6, 6.07) is 4.71. The molecule has 1 atom stereocenters. The molecule has 0 saturated heterocycles. The summed E-state index contributed by atoms with van der Waals surface area (Å²) in [5, 5.41) is 5.50. The summed E-state index contributed by atoms with van der Waals surface area (Å²) in [6.45, 7) is 0.731. The number of carbonyl (C=O) groups is 1. The topological polar surface area (TPSA) is 38.3 Å². The standard InChI is InChI=1S/C13H19NO2S/c1-16-13(15)10(8-12-6-3-7-17-12)9-14-11-4-2-5-11/h3,6-7,10-11,14H,2,4-5,8-9H2,1H3. The van der Waals surface area contributed by atoms with E-state index in [1.165, 1.54) is 31.2 Å². The first-order valence-electron chi connectivity index (χ1n) is 6.13. The van der Waals surface area contributed by atoms with Crippen LogP contribution in [0.2, 0.25) is 0 Å². The van der Waals surface area contributed by atoms with Gasteiger partial charge in [-0.15, -0.1) is 11.3 Å². The number of hydrogen-bond acceptors (Lipinski definition) is 4. The molecular formula is C13H19NO2S. The molecule has 0 aliphatic heterocycles. The molecule has 1 aliphatic carbocycles. The fourth-order valence-electron chi connectivity index (χ4n) is 2.00. The van der Waals surface area contributed by atoms with Crippen LogP contribution in [-0.2, 0) is 16.0 Å². The van der Waals surface area contributed by atoms with Crippen LogP contribution in [0.5, 0.6) is 0 Å². The van der Waals surface area contributed by atoms with Crippen LogP contribution in [0.15, 0.2) is 17.5 Å². The van der Waals surface area contributed by atoms with Gasteiger partial charge in [0.05, 0.1) is 13.0 Å². The van der Waals surface area contributed by atoms with E-state index in [4.69, 9.17) is 4.74 Å². The second kappa shape index (κ2) is 6.17. The van der Waals surface area contributed by atoms with Crippen LogP contribution in [-0.4, -0.2) is 25.7 Å². The van der Waals surface area contributed by atoms with Crippen molar-refractivity contribution in [2.45, 2.75) is 31.7 Å². The lowest BCUT2D eigenvalue weighted by Gasteiger charge is -2.28. The second-order valence-corrected chi connectivity index (χ2v) is 5.57. The number of carbonyl (C=O) groups excluding carboxylic acids is 1. The van der Waals surface area contributed by atoms with Crippen molar-refractivity contribution in [3.8, 4) is 0 Å². The van der Waals surface area contributed by atoms with E-state index in [9.17, 15) is 4.79 Å². The molecule has 4 heteroatoms. The van der Waals surface area contributed by atoms with Gasteiger partial charge in [-0.2, -0.15) is 0 Å². The van der Waals surface area contributed by atoms with Gasteiger partial charge in [0, 0.05) is 17.5 Å². The highest BCUT2D eigenvalue weighted by molar-refractivity contribution is 7.09. The molecule has 1 aliphatic rings. The minimum atomic E-state index is -0.106. The predicted octanol–water partition coefficient (Wildman–Crippen LogP) is 2.22. The van der Waals surface area contributed by atoms with Crippen molar-refractivity contribution in [3.63, 3.8) is 0 Å². The van der Waals surface area contributed by atoms with Crippen LogP contribution in [0, 0.1) is 5.92 Å². The van der Waals surface area contributed by atoms with Gasteiger partial charge in [0.25, 0.3) is 0 Å². The lowest BCUT2D eigenvalue weighted by molar-refractivity contribution is -0.145. The van der Waals surface area contributed by atoms with Gasteiger partial charge in [0.2, 0.25) is 0 Å². The largest absolute Gasteiger partial charge is 0.469 e. The number of rotatable bonds is 6. The fraction of sp³-hybridized carbons (Fsp3) is 0.615. The summed E-state index contributed by atoms with van der Waals surface area (Å²) >= 11 is 1.70. The fourth-order valence-corrected chi connectivity index (χ4v) is 2.78. The highest BCUT2D eigenvalue weighted by atomic mass is 32.1. The third kappa shape index (κ3) is 3.54. The number of ether oxygens (including phenoxy) is 1. The maximum Gasteiger partial charge on any atom is 0.310 e. The summed E-state index contributed by atoms with van der Waals surface area (Å²) in [5.74, 6) is -0.163. The molecule has 1 heterocycles. The lowest BCUT2D eigenvalue weighted by atomic mass is 9.92. The normalized spacial score (nSPS) is 17.5. The van der Waals surface area contributed by atoms with Crippen molar-refractivity contribution in [2.24, 2.45) is 5.92 Å². The molecule has 0 amide bonds. The molecule has 0 radical (unpaired) electrons. The van der Waals surface area contributed by atoms with Gasteiger partial charge in [-0.3, -0.25) is 4.79 Å². The molecule has 0 spiro atoms. The van der Waals surface area contributed by atoms with Gasteiger partial charge in [-0.25, -0.2) is 0 Å². The van der Waals surface area contributed by atoms with Crippen LogP contribution in [0.25, 0.3) is 0 Å². The number of esters is 1. The van der Waals surface area contributed by atoms with E-state index in [0.717, 1.165) is 13.0 Å². The zero-order valence-corrected chi connectivity index (χ0v) is 11.0. The summed E-state index contributed by atoms with van der Waals surface area (Å²) in [4.78, 5) is 12.9. The van der Waals surface area contributed by atoms with Crippen LogP contribution in [0.1, 0.15) is 24.1 Å². The third-order valence-corrected chi connectivity index (χ3v) is 4.22. The SMILES string of the molecule is COC(=O)C(CNC1CCC1)Cc1cccs1.